The van der Waals surface area contributed by atoms with Gasteiger partial charge in [0.1, 0.15) is 6.26 Å². The Morgan fingerprint density at radius 1 is 1.50 bits per heavy atom. The molecule has 3 nitrogen and oxygen atoms in total. The minimum absolute atomic E-state index is 0.217. The van der Waals surface area contributed by atoms with Crippen molar-refractivity contribution < 1.29 is 9.21 Å². The summed E-state index contributed by atoms with van der Waals surface area (Å²) in [4.78, 5) is 10.8. The van der Waals surface area contributed by atoms with Crippen LogP contribution in [0.2, 0.25) is 0 Å². The Hall–Kier alpha value is -1.25. The monoisotopic (exact) mass is 137 g/mol. The van der Waals surface area contributed by atoms with E-state index in [1.807, 2.05) is 0 Å². The normalized spacial score (nSPS) is 16.2. The Morgan fingerprint density at radius 2 is 2.40 bits per heavy atom. The van der Waals surface area contributed by atoms with E-state index in [9.17, 15) is 4.79 Å². The Bertz CT molecular complexity index is 264. The van der Waals surface area contributed by atoms with Crippen molar-refractivity contribution in [2.45, 2.75) is 6.42 Å². The van der Waals surface area contributed by atoms with Crippen molar-refractivity contribution in [3.05, 3.63) is 18.1 Å². The van der Waals surface area contributed by atoms with Crippen LogP contribution in [-0.2, 0) is 11.2 Å². The molecule has 1 aliphatic heterocycles. The molecular weight excluding hydrogens is 130 g/mol. The quantitative estimate of drug-likeness (QED) is 0.575. The molecule has 3 heteroatoms. The first-order valence-corrected chi connectivity index (χ1v) is 3.17. The first-order valence-electron chi connectivity index (χ1n) is 3.17. The van der Waals surface area contributed by atoms with Gasteiger partial charge in [-0.2, -0.15) is 0 Å². The fourth-order valence-corrected chi connectivity index (χ4v) is 1.08. The summed E-state index contributed by atoms with van der Waals surface area (Å²) in [6.45, 7) is 0.437. The summed E-state index contributed by atoms with van der Waals surface area (Å²) < 4.78 is 4.90. The lowest BCUT2D eigenvalue weighted by Crippen LogP contribution is -2.21. The summed E-state index contributed by atoms with van der Waals surface area (Å²) in [5.74, 6) is 0.217. The van der Waals surface area contributed by atoms with Gasteiger partial charge in [0.2, 0.25) is 0 Å². The van der Waals surface area contributed by atoms with E-state index >= 15 is 0 Å². The van der Waals surface area contributed by atoms with Gasteiger partial charge in [0.05, 0.1) is 18.5 Å². The zero-order chi connectivity index (χ0) is 6.97. The molecule has 1 aromatic heterocycles. The van der Waals surface area contributed by atoms with Gasteiger partial charge < -0.3 is 9.73 Å². The molecule has 0 saturated heterocycles. The third-order valence-corrected chi connectivity index (χ3v) is 1.61. The zero-order valence-electron chi connectivity index (χ0n) is 5.39. The van der Waals surface area contributed by atoms with Gasteiger partial charge in [-0.3, -0.25) is 4.79 Å². The standard InChI is InChI=1S/C7H7NO2/c9-6-1-5-3-10-4-7(5)8-2-6/h3-4,8H,1-2H2. The lowest BCUT2D eigenvalue weighted by atomic mass is 10.1. The van der Waals surface area contributed by atoms with E-state index < -0.39 is 0 Å². The highest BCUT2D eigenvalue weighted by Crippen LogP contribution is 2.20. The molecular formula is C7H7NO2. The number of rotatable bonds is 0. The van der Waals surface area contributed by atoms with E-state index in [2.05, 4.69) is 5.32 Å². The highest BCUT2D eigenvalue weighted by Gasteiger charge is 2.15. The van der Waals surface area contributed by atoms with E-state index in [0.29, 0.717) is 13.0 Å². The average Bonchev–Trinajstić information content (AvgIpc) is 2.33. The Labute approximate surface area is 58.0 Å². The smallest absolute Gasteiger partial charge is 0.156 e. The number of ketones is 1. The molecule has 0 saturated carbocycles. The van der Waals surface area contributed by atoms with Crippen LogP contribution in [-0.4, -0.2) is 12.3 Å². The molecule has 1 aliphatic rings. The van der Waals surface area contributed by atoms with Gasteiger partial charge in [0.25, 0.3) is 0 Å². The van der Waals surface area contributed by atoms with Crippen molar-refractivity contribution in [1.82, 2.24) is 0 Å². The SMILES string of the molecule is O=C1CNc2cocc2C1. The van der Waals surface area contributed by atoms with Crippen molar-refractivity contribution in [2.24, 2.45) is 0 Å². The summed E-state index contributed by atoms with van der Waals surface area (Å²) >= 11 is 0. The molecule has 1 N–H and O–H groups in total. The van der Waals surface area contributed by atoms with E-state index in [4.69, 9.17) is 4.42 Å². The van der Waals surface area contributed by atoms with Gasteiger partial charge in [-0.1, -0.05) is 0 Å². The number of nitrogens with one attached hydrogen (secondary N) is 1. The van der Waals surface area contributed by atoms with Crippen LogP contribution in [0.4, 0.5) is 5.69 Å². The number of furan rings is 1. The molecule has 0 aromatic carbocycles. The van der Waals surface area contributed by atoms with Gasteiger partial charge in [0, 0.05) is 12.0 Å². The molecule has 10 heavy (non-hydrogen) atoms. The summed E-state index contributed by atoms with van der Waals surface area (Å²) in [6.07, 6.45) is 3.75. The largest absolute Gasteiger partial charge is 0.470 e. The first-order chi connectivity index (χ1) is 4.86. The van der Waals surface area contributed by atoms with Crippen LogP contribution in [0.5, 0.6) is 0 Å². The topological polar surface area (TPSA) is 42.2 Å². The summed E-state index contributed by atoms with van der Waals surface area (Å²) in [7, 11) is 0. The highest BCUT2D eigenvalue weighted by molar-refractivity contribution is 5.89. The third-order valence-electron chi connectivity index (χ3n) is 1.61. The second kappa shape index (κ2) is 1.87. The molecule has 0 amide bonds. The van der Waals surface area contributed by atoms with Crippen LogP contribution in [0.3, 0.4) is 0 Å². The van der Waals surface area contributed by atoms with Crippen LogP contribution in [0.15, 0.2) is 16.9 Å². The number of carbonyl (C=O) groups is 1. The first kappa shape index (κ1) is 5.53. The molecule has 0 fully saturated rings. The molecule has 2 rings (SSSR count). The zero-order valence-corrected chi connectivity index (χ0v) is 5.39. The van der Waals surface area contributed by atoms with E-state index in [1.165, 1.54) is 0 Å². The predicted octanol–water partition coefficient (Wildman–Crippen LogP) is 0.817. The molecule has 0 bridgehead atoms. The molecule has 0 unspecified atom stereocenters. The van der Waals surface area contributed by atoms with Gasteiger partial charge in [-0.05, 0) is 0 Å². The van der Waals surface area contributed by atoms with Gasteiger partial charge >= 0.3 is 0 Å². The van der Waals surface area contributed by atoms with Crippen molar-refractivity contribution in [3.8, 4) is 0 Å². The molecule has 1 aromatic rings. The molecule has 0 atom stereocenters. The second-order valence-electron chi connectivity index (χ2n) is 2.38. The van der Waals surface area contributed by atoms with Crippen molar-refractivity contribution in [3.63, 3.8) is 0 Å². The molecule has 52 valence electrons. The van der Waals surface area contributed by atoms with Crippen LogP contribution in [0.25, 0.3) is 0 Å². The Morgan fingerprint density at radius 3 is 3.30 bits per heavy atom. The molecule has 2 heterocycles. The fraction of sp³-hybridized carbons (Fsp3) is 0.286. The lowest BCUT2D eigenvalue weighted by Gasteiger charge is -2.10. The maximum atomic E-state index is 10.8. The fourth-order valence-electron chi connectivity index (χ4n) is 1.08. The van der Waals surface area contributed by atoms with Crippen LogP contribution in [0.1, 0.15) is 5.56 Å². The van der Waals surface area contributed by atoms with Crippen molar-refractivity contribution in [2.75, 3.05) is 11.9 Å². The summed E-state index contributed by atoms with van der Waals surface area (Å²) in [6, 6.07) is 0. The van der Waals surface area contributed by atoms with E-state index in [0.717, 1.165) is 11.3 Å². The number of hydrogen-bond donors (Lipinski definition) is 1. The minimum Gasteiger partial charge on any atom is -0.470 e. The maximum absolute atomic E-state index is 10.8. The maximum Gasteiger partial charge on any atom is 0.156 e. The average molecular weight is 137 g/mol. The summed E-state index contributed by atoms with van der Waals surface area (Å²) in [5.41, 5.74) is 1.93. The minimum atomic E-state index is 0.217. The molecule has 0 radical (unpaired) electrons. The molecule has 0 spiro atoms. The van der Waals surface area contributed by atoms with Gasteiger partial charge in [0.15, 0.2) is 5.78 Å². The van der Waals surface area contributed by atoms with Crippen LogP contribution in [0, 0.1) is 0 Å². The predicted molar refractivity (Wildman–Crippen MR) is 35.9 cm³/mol. The third kappa shape index (κ3) is 0.708. The van der Waals surface area contributed by atoms with Crippen LogP contribution >= 0.6 is 0 Å². The number of anilines is 1. The van der Waals surface area contributed by atoms with E-state index in [1.54, 1.807) is 12.5 Å². The number of Topliss-reactive ketones (excluding diaryl/α,β-unsaturated/α-hetero) is 1. The Kier molecular flexibility index (Phi) is 1.03. The van der Waals surface area contributed by atoms with Crippen LogP contribution < -0.4 is 5.32 Å². The highest BCUT2D eigenvalue weighted by atomic mass is 16.3. The molecule has 0 aliphatic carbocycles. The summed E-state index contributed by atoms with van der Waals surface area (Å²) in [5, 5.41) is 2.95. The van der Waals surface area contributed by atoms with Crippen molar-refractivity contribution in [1.29, 1.82) is 0 Å². The van der Waals surface area contributed by atoms with Gasteiger partial charge in [-0.25, -0.2) is 0 Å². The van der Waals surface area contributed by atoms with Gasteiger partial charge in [-0.15, -0.1) is 0 Å². The number of carbonyl (C=O) groups excluding carboxylic acids is 1. The number of hydrogen-bond acceptors (Lipinski definition) is 3. The number of fused-ring (bicyclic) bond motifs is 1. The van der Waals surface area contributed by atoms with E-state index in [-0.39, 0.29) is 5.78 Å². The second-order valence-corrected chi connectivity index (χ2v) is 2.38. The Balaban J connectivity index is 2.39. The lowest BCUT2D eigenvalue weighted by molar-refractivity contribution is -0.117. The van der Waals surface area contributed by atoms with Crippen molar-refractivity contribution >= 4 is 11.5 Å².